The van der Waals surface area contributed by atoms with E-state index in [0.29, 0.717) is 40.8 Å². The third-order valence-corrected chi connectivity index (χ3v) is 4.60. The second-order valence-corrected chi connectivity index (χ2v) is 6.96. The molecule has 0 N–H and O–H groups in total. The van der Waals surface area contributed by atoms with Crippen molar-refractivity contribution in [1.29, 1.82) is 0 Å². The molecule has 0 unspecified atom stereocenters. The molecule has 7 nitrogen and oxygen atoms in total. The number of hydrogen-bond acceptors (Lipinski definition) is 6. The number of aryl methyl sites for hydroxylation is 1. The SMILES string of the molecule is CCCn1c(=O)n(C)c(=O)c2c(SCCOC)nc(C(C)C)nc21. The van der Waals surface area contributed by atoms with Gasteiger partial charge in [-0.15, -0.1) is 11.8 Å². The van der Waals surface area contributed by atoms with Crippen LogP contribution in [-0.4, -0.2) is 38.6 Å². The number of methoxy groups -OCH3 is 1. The topological polar surface area (TPSA) is 79.0 Å². The molecule has 2 aromatic rings. The Morgan fingerprint density at radius 1 is 1.25 bits per heavy atom. The summed E-state index contributed by atoms with van der Waals surface area (Å²) >= 11 is 1.46. The molecule has 24 heavy (non-hydrogen) atoms. The Hall–Kier alpha value is -1.67. The van der Waals surface area contributed by atoms with Crippen LogP contribution < -0.4 is 11.2 Å². The van der Waals surface area contributed by atoms with Crippen molar-refractivity contribution in [2.24, 2.45) is 7.05 Å². The lowest BCUT2D eigenvalue weighted by Crippen LogP contribution is -2.39. The summed E-state index contributed by atoms with van der Waals surface area (Å²) in [4.78, 5) is 34.3. The minimum absolute atomic E-state index is 0.102. The standard InChI is InChI=1S/C16H24N4O3S/c1-6-7-20-13-11(15(21)19(4)16(20)22)14(24-9-8-23-5)18-12(17-13)10(2)3/h10H,6-9H2,1-5H3. The van der Waals surface area contributed by atoms with E-state index in [1.807, 2.05) is 20.8 Å². The van der Waals surface area contributed by atoms with Gasteiger partial charge in [0.25, 0.3) is 5.56 Å². The first kappa shape index (κ1) is 18.7. The number of rotatable bonds is 7. The van der Waals surface area contributed by atoms with Crippen LogP contribution >= 0.6 is 11.8 Å². The van der Waals surface area contributed by atoms with Crippen LogP contribution in [0.15, 0.2) is 14.6 Å². The fraction of sp³-hybridized carbons (Fsp3) is 0.625. The van der Waals surface area contributed by atoms with Crippen molar-refractivity contribution in [2.45, 2.75) is 44.7 Å². The summed E-state index contributed by atoms with van der Waals surface area (Å²) in [6.45, 7) is 7.05. The summed E-state index contributed by atoms with van der Waals surface area (Å²) in [5, 5.41) is 1.03. The van der Waals surface area contributed by atoms with E-state index in [2.05, 4.69) is 9.97 Å². The van der Waals surface area contributed by atoms with Crippen molar-refractivity contribution in [2.75, 3.05) is 19.5 Å². The fourth-order valence-electron chi connectivity index (χ4n) is 2.36. The summed E-state index contributed by atoms with van der Waals surface area (Å²) in [5.74, 6) is 1.42. The third kappa shape index (κ3) is 3.54. The van der Waals surface area contributed by atoms with Crippen molar-refractivity contribution in [3.63, 3.8) is 0 Å². The van der Waals surface area contributed by atoms with E-state index < -0.39 is 0 Å². The number of ether oxygens (including phenoxy) is 1. The first-order chi connectivity index (χ1) is 11.4. The first-order valence-corrected chi connectivity index (χ1v) is 9.04. The predicted octanol–water partition coefficient (Wildman–Crippen LogP) is 1.76. The third-order valence-electron chi connectivity index (χ3n) is 3.66. The van der Waals surface area contributed by atoms with Gasteiger partial charge in [0, 0.05) is 32.4 Å². The van der Waals surface area contributed by atoms with Crippen molar-refractivity contribution in [3.05, 3.63) is 26.7 Å². The molecule has 8 heteroatoms. The van der Waals surface area contributed by atoms with Gasteiger partial charge in [0.2, 0.25) is 0 Å². The smallest absolute Gasteiger partial charge is 0.332 e. The lowest BCUT2D eigenvalue weighted by molar-refractivity contribution is 0.218. The Bertz CT molecular complexity index is 842. The summed E-state index contributed by atoms with van der Waals surface area (Å²) in [6, 6.07) is 0. The highest BCUT2D eigenvalue weighted by Crippen LogP contribution is 2.24. The van der Waals surface area contributed by atoms with Gasteiger partial charge in [0.15, 0.2) is 5.65 Å². The molecule has 0 amide bonds. The molecular weight excluding hydrogens is 328 g/mol. The predicted molar refractivity (Wildman–Crippen MR) is 96.0 cm³/mol. The summed E-state index contributed by atoms with van der Waals surface area (Å²) in [5.41, 5.74) is -0.253. The summed E-state index contributed by atoms with van der Waals surface area (Å²) < 4.78 is 7.80. The van der Waals surface area contributed by atoms with Crippen molar-refractivity contribution >= 4 is 22.8 Å². The van der Waals surface area contributed by atoms with E-state index in [0.717, 1.165) is 11.0 Å². The number of fused-ring (bicyclic) bond motifs is 1. The lowest BCUT2D eigenvalue weighted by atomic mass is 10.2. The molecule has 132 valence electrons. The molecule has 0 aromatic carbocycles. The average Bonchev–Trinajstić information content (AvgIpc) is 2.56. The van der Waals surface area contributed by atoms with Crippen LogP contribution in [0, 0.1) is 0 Å². The largest absolute Gasteiger partial charge is 0.384 e. The second-order valence-electron chi connectivity index (χ2n) is 5.88. The number of thioether (sulfide) groups is 1. The molecule has 0 saturated heterocycles. The van der Waals surface area contributed by atoms with Crippen LogP contribution in [0.1, 0.15) is 38.9 Å². The molecule has 2 aromatic heterocycles. The highest BCUT2D eigenvalue weighted by atomic mass is 32.2. The molecule has 0 aliphatic rings. The van der Waals surface area contributed by atoms with Crippen LogP contribution in [0.25, 0.3) is 11.0 Å². The van der Waals surface area contributed by atoms with E-state index in [-0.39, 0.29) is 17.2 Å². The van der Waals surface area contributed by atoms with E-state index in [1.165, 1.54) is 18.8 Å². The van der Waals surface area contributed by atoms with E-state index in [1.54, 1.807) is 11.7 Å². The Kier molecular flexibility index (Phi) is 6.17. The van der Waals surface area contributed by atoms with Crippen LogP contribution in [0.4, 0.5) is 0 Å². The van der Waals surface area contributed by atoms with Gasteiger partial charge < -0.3 is 4.74 Å². The molecule has 2 rings (SSSR count). The summed E-state index contributed by atoms with van der Waals surface area (Å²) in [7, 11) is 3.13. The normalized spacial score (nSPS) is 11.6. The van der Waals surface area contributed by atoms with Gasteiger partial charge in [-0.1, -0.05) is 20.8 Å². The quantitative estimate of drug-likeness (QED) is 0.429. The van der Waals surface area contributed by atoms with Crippen molar-refractivity contribution in [3.8, 4) is 0 Å². The second kappa shape index (κ2) is 7.94. The molecular formula is C16H24N4O3S. The zero-order valence-corrected chi connectivity index (χ0v) is 15.6. The average molecular weight is 352 g/mol. The lowest BCUT2D eigenvalue weighted by Gasteiger charge is -2.15. The maximum Gasteiger partial charge on any atom is 0.332 e. The monoisotopic (exact) mass is 352 g/mol. The highest BCUT2D eigenvalue weighted by Gasteiger charge is 2.19. The number of nitrogens with zero attached hydrogens (tertiary/aromatic N) is 4. The van der Waals surface area contributed by atoms with Crippen LogP contribution in [-0.2, 0) is 18.3 Å². The maximum atomic E-state index is 12.7. The van der Waals surface area contributed by atoms with Crippen LogP contribution in [0.2, 0.25) is 0 Å². The van der Waals surface area contributed by atoms with Gasteiger partial charge in [-0.05, 0) is 6.42 Å². The Morgan fingerprint density at radius 3 is 2.54 bits per heavy atom. The summed E-state index contributed by atoms with van der Waals surface area (Å²) in [6.07, 6.45) is 0.778. The first-order valence-electron chi connectivity index (χ1n) is 8.05. The molecule has 0 spiro atoms. The molecule has 0 saturated carbocycles. The van der Waals surface area contributed by atoms with Crippen LogP contribution in [0.5, 0.6) is 0 Å². The Labute approximate surface area is 145 Å². The van der Waals surface area contributed by atoms with E-state index in [4.69, 9.17) is 4.74 Å². The number of aromatic nitrogens is 4. The zero-order valence-electron chi connectivity index (χ0n) is 14.8. The van der Waals surface area contributed by atoms with Gasteiger partial charge in [-0.2, -0.15) is 0 Å². The van der Waals surface area contributed by atoms with Crippen molar-refractivity contribution in [1.82, 2.24) is 19.1 Å². The molecule has 0 aliphatic heterocycles. The van der Waals surface area contributed by atoms with E-state index in [9.17, 15) is 9.59 Å². The van der Waals surface area contributed by atoms with E-state index >= 15 is 0 Å². The van der Waals surface area contributed by atoms with Gasteiger partial charge in [-0.25, -0.2) is 14.8 Å². The minimum atomic E-state index is -0.349. The molecule has 0 atom stereocenters. The minimum Gasteiger partial charge on any atom is -0.384 e. The molecule has 0 fully saturated rings. The van der Waals surface area contributed by atoms with Crippen molar-refractivity contribution < 1.29 is 4.74 Å². The molecule has 0 radical (unpaired) electrons. The molecule has 0 aliphatic carbocycles. The fourth-order valence-corrected chi connectivity index (χ4v) is 3.29. The Morgan fingerprint density at radius 2 is 1.96 bits per heavy atom. The van der Waals surface area contributed by atoms with Gasteiger partial charge >= 0.3 is 5.69 Å². The zero-order chi connectivity index (χ0) is 17.9. The number of hydrogen-bond donors (Lipinski definition) is 0. The maximum absolute atomic E-state index is 12.7. The molecule has 0 bridgehead atoms. The highest BCUT2D eigenvalue weighted by molar-refractivity contribution is 7.99. The Balaban J connectivity index is 2.83. The van der Waals surface area contributed by atoms with Gasteiger partial charge in [0.1, 0.15) is 16.2 Å². The van der Waals surface area contributed by atoms with Gasteiger partial charge in [0.05, 0.1) is 6.61 Å². The van der Waals surface area contributed by atoms with Crippen LogP contribution in [0.3, 0.4) is 0 Å². The molecule has 2 heterocycles. The van der Waals surface area contributed by atoms with Gasteiger partial charge in [-0.3, -0.25) is 13.9 Å².